The maximum absolute atomic E-state index is 11.8. The summed E-state index contributed by atoms with van der Waals surface area (Å²) >= 11 is 1.36. The Morgan fingerprint density at radius 3 is 2.90 bits per heavy atom. The van der Waals surface area contributed by atoms with Crippen molar-refractivity contribution in [2.75, 3.05) is 0 Å². The number of benzene rings is 1. The number of nitrogens with zero attached hydrogens (tertiary/aromatic N) is 2. The number of hydrogen-bond donors (Lipinski definition) is 0. The van der Waals surface area contributed by atoms with Crippen LogP contribution in [0.1, 0.15) is 11.3 Å². The molecule has 0 radical (unpaired) electrons. The molecule has 0 saturated heterocycles. The third-order valence-corrected chi connectivity index (χ3v) is 3.69. The molecule has 21 heavy (non-hydrogen) atoms. The molecule has 0 N–H and O–H groups in total. The van der Waals surface area contributed by atoms with E-state index >= 15 is 0 Å². The van der Waals surface area contributed by atoms with Gasteiger partial charge in [-0.15, -0.1) is 11.3 Å². The van der Waals surface area contributed by atoms with Crippen molar-refractivity contribution in [1.82, 2.24) is 9.38 Å². The van der Waals surface area contributed by atoms with Crippen molar-refractivity contribution in [3.8, 4) is 0 Å². The molecule has 0 unspecified atom stereocenters. The molecule has 0 aliphatic carbocycles. The number of hydrogen-bond acceptors (Lipinski definition) is 5. The molecule has 0 spiro atoms. The molecule has 106 valence electrons. The molecule has 0 fully saturated rings. The van der Waals surface area contributed by atoms with E-state index in [4.69, 9.17) is 4.74 Å². The normalized spacial score (nSPS) is 10.7. The zero-order valence-corrected chi connectivity index (χ0v) is 11.9. The Kier molecular flexibility index (Phi) is 3.79. The van der Waals surface area contributed by atoms with Gasteiger partial charge in [-0.25, -0.2) is 4.98 Å². The van der Waals surface area contributed by atoms with Crippen LogP contribution in [0.3, 0.4) is 0 Å². The van der Waals surface area contributed by atoms with Crippen LogP contribution in [0, 0.1) is 0 Å². The van der Waals surface area contributed by atoms with Gasteiger partial charge in [-0.1, -0.05) is 30.3 Å². The van der Waals surface area contributed by atoms with Gasteiger partial charge < -0.3 is 4.74 Å². The number of aromatic nitrogens is 2. The van der Waals surface area contributed by atoms with E-state index in [9.17, 15) is 9.59 Å². The van der Waals surface area contributed by atoms with Gasteiger partial charge in [-0.2, -0.15) is 0 Å². The van der Waals surface area contributed by atoms with Gasteiger partial charge in [-0.05, 0) is 5.56 Å². The predicted molar refractivity (Wildman–Crippen MR) is 79.3 cm³/mol. The van der Waals surface area contributed by atoms with Crippen LogP contribution in [0.4, 0.5) is 0 Å². The van der Waals surface area contributed by atoms with Gasteiger partial charge in [0.15, 0.2) is 4.96 Å². The van der Waals surface area contributed by atoms with Crippen molar-refractivity contribution >= 4 is 22.3 Å². The van der Waals surface area contributed by atoms with Gasteiger partial charge in [0.1, 0.15) is 6.61 Å². The second-order valence-corrected chi connectivity index (χ2v) is 5.34. The van der Waals surface area contributed by atoms with Crippen LogP contribution in [-0.2, 0) is 22.6 Å². The average molecular weight is 300 g/mol. The predicted octanol–water partition coefficient (Wildman–Crippen LogP) is 2.04. The van der Waals surface area contributed by atoms with Gasteiger partial charge in [0.05, 0.1) is 12.1 Å². The topological polar surface area (TPSA) is 60.7 Å². The van der Waals surface area contributed by atoms with Crippen LogP contribution in [0.2, 0.25) is 0 Å². The largest absolute Gasteiger partial charge is 0.459 e. The summed E-state index contributed by atoms with van der Waals surface area (Å²) in [4.78, 5) is 28.4. The Bertz CT molecular complexity index is 824. The minimum absolute atomic E-state index is 0.00923. The molecule has 2 heterocycles. The highest BCUT2D eigenvalue weighted by atomic mass is 32.1. The highest BCUT2D eigenvalue weighted by Crippen LogP contribution is 2.08. The van der Waals surface area contributed by atoms with Crippen molar-refractivity contribution in [2.45, 2.75) is 13.0 Å². The van der Waals surface area contributed by atoms with Gasteiger partial charge in [0, 0.05) is 17.6 Å². The van der Waals surface area contributed by atoms with Crippen LogP contribution >= 0.6 is 11.3 Å². The van der Waals surface area contributed by atoms with Crippen molar-refractivity contribution in [2.24, 2.45) is 0 Å². The molecule has 1 aromatic carbocycles. The Morgan fingerprint density at radius 2 is 2.10 bits per heavy atom. The fourth-order valence-electron chi connectivity index (χ4n) is 1.93. The summed E-state index contributed by atoms with van der Waals surface area (Å²) in [6, 6.07) is 10.7. The Morgan fingerprint density at radius 1 is 1.29 bits per heavy atom. The second kappa shape index (κ2) is 5.88. The zero-order valence-electron chi connectivity index (χ0n) is 11.1. The van der Waals surface area contributed by atoms with Crippen molar-refractivity contribution < 1.29 is 9.53 Å². The molecule has 3 aromatic rings. The molecule has 0 atom stereocenters. The lowest BCUT2D eigenvalue weighted by Gasteiger charge is -2.04. The average Bonchev–Trinajstić information content (AvgIpc) is 2.95. The molecule has 6 heteroatoms. The Hall–Kier alpha value is -2.47. The first-order valence-corrected chi connectivity index (χ1v) is 7.26. The number of carbonyl (C=O) groups is 1. The van der Waals surface area contributed by atoms with E-state index in [2.05, 4.69) is 4.98 Å². The third kappa shape index (κ3) is 3.17. The maximum atomic E-state index is 11.8. The summed E-state index contributed by atoms with van der Waals surface area (Å²) in [6.07, 6.45) is 1.88. The summed E-state index contributed by atoms with van der Waals surface area (Å²) in [5.74, 6) is -0.339. The highest BCUT2D eigenvalue weighted by Gasteiger charge is 2.08. The first-order valence-electron chi connectivity index (χ1n) is 6.38. The number of esters is 1. The molecule has 0 bridgehead atoms. The molecule has 5 nitrogen and oxygen atoms in total. The summed E-state index contributed by atoms with van der Waals surface area (Å²) in [5.41, 5.74) is 1.18. The first-order chi connectivity index (χ1) is 10.2. The molecule has 0 aliphatic rings. The molecule has 0 amide bonds. The van der Waals surface area contributed by atoms with Crippen LogP contribution in [0.15, 0.2) is 52.8 Å². The molecule has 0 saturated carbocycles. The van der Waals surface area contributed by atoms with Crippen LogP contribution < -0.4 is 5.56 Å². The monoisotopic (exact) mass is 300 g/mol. The lowest BCUT2D eigenvalue weighted by Crippen LogP contribution is -2.15. The Labute approximate surface area is 124 Å². The molecular weight excluding hydrogens is 288 g/mol. The smallest absolute Gasteiger partial charge is 0.310 e. The molecule has 0 aliphatic heterocycles. The number of rotatable bonds is 4. The van der Waals surface area contributed by atoms with E-state index in [0.29, 0.717) is 10.7 Å². The molecule has 2 aromatic heterocycles. The van der Waals surface area contributed by atoms with E-state index in [0.717, 1.165) is 5.56 Å². The van der Waals surface area contributed by atoms with Crippen LogP contribution in [-0.4, -0.2) is 15.4 Å². The highest BCUT2D eigenvalue weighted by molar-refractivity contribution is 7.15. The summed E-state index contributed by atoms with van der Waals surface area (Å²) < 4.78 is 6.63. The van der Waals surface area contributed by atoms with E-state index in [1.165, 1.54) is 21.8 Å². The minimum atomic E-state index is -0.339. The number of ether oxygens (including phenoxy) is 1. The fraction of sp³-hybridized carbons (Fsp3) is 0.133. The van der Waals surface area contributed by atoms with E-state index < -0.39 is 0 Å². The van der Waals surface area contributed by atoms with Crippen LogP contribution in [0.5, 0.6) is 0 Å². The Balaban J connectivity index is 1.66. The van der Waals surface area contributed by atoms with Crippen LogP contribution in [0.25, 0.3) is 4.96 Å². The van der Waals surface area contributed by atoms with Crippen molar-refractivity contribution in [3.05, 3.63) is 69.6 Å². The molecular formula is C15H12N2O3S. The third-order valence-electron chi connectivity index (χ3n) is 2.93. The van der Waals surface area contributed by atoms with E-state index in [1.54, 1.807) is 11.6 Å². The SMILES string of the molecule is O=C(Cc1ccccc1)OCc1cc(=O)n2ccsc2n1. The number of carbonyl (C=O) groups excluding carboxylic acids is 1. The quantitative estimate of drug-likeness (QED) is 0.692. The second-order valence-electron chi connectivity index (χ2n) is 4.46. The summed E-state index contributed by atoms with van der Waals surface area (Å²) in [7, 11) is 0. The van der Waals surface area contributed by atoms with E-state index in [-0.39, 0.29) is 24.6 Å². The van der Waals surface area contributed by atoms with Crippen molar-refractivity contribution in [1.29, 1.82) is 0 Å². The number of thiazole rings is 1. The van der Waals surface area contributed by atoms with Gasteiger partial charge in [0.25, 0.3) is 5.56 Å². The van der Waals surface area contributed by atoms with Gasteiger partial charge in [0.2, 0.25) is 0 Å². The minimum Gasteiger partial charge on any atom is -0.459 e. The first kappa shape index (κ1) is 13.5. The summed E-state index contributed by atoms with van der Waals surface area (Å²) in [6.45, 7) is 0.00923. The molecule has 3 rings (SSSR count). The fourth-order valence-corrected chi connectivity index (χ4v) is 2.67. The number of fused-ring (bicyclic) bond motifs is 1. The van der Waals surface area contributed by atoms with Crippen molar-refractivity contribution in [3.63, 3.8) is 0 Å². The van der Waals surface area contributed by atoms with E-state index in [1.807, 2.05) is 30.3 Å². The summed E-state index contributed by atoms with van der Waals surface area (Å²) in [5, 5.41) is 1.79. The zero-order chi connectivity index (χ0) is 14.7. The van der Waals surface area contributed by atoms with Gasteiger partial charge in [-0.3, -0.25) is 14.0 Å². The van der Waals surface area contributed by atoms with Gasteiger partial charge >= 0.3 is 5.97 Å². The lowest BCUT2D eigenvalue weighted by atomic mass is 10.2. The maximum Gasteiger partial charge on any atom is 0.310 e. The lowest BCUT2D eigenvalue weighted by molar-refractivity contribution is -0.144. The standard InChI is InChI=1S/C15H12N2O3S/c18-13-9-12(16-15-17(13)6-7-21-15)10-20-14(19)8-11-4-2-1-3-5-11/h1-7,9H,8,10H2.